The van der Waals surface area contributed by atoms with Crippen LogP contribution < -0.4 is 5.32 Å². The van der Waals surface area contributed by atoms with Crippen molar-refractivity contribution in [2.24, 2.45) is 0 Å². The molecular formula is C10H21N. The summed E-state index contributed by atoms with van der Waals surface area (Å²) in [7, 11) is 0. The Morgan fingerprint density at radius 3 is 2.45 bits per heavy atom. The van der Waals surface area contributed by atoms with E-state index in [4.69, 9.17) is 0 Å². The SMILES string of the molecule is CCCC(C)NC1(C)CCC1. The van der Waals surface area contributed by atoms with Crippen molar-refractivity contribution in [3.05, 3.63) is 0 Å². The van der Waals surface area contributed by atoms with Gasteiger partial charge < -0.3 is 5.32 Å². The molecule has 1 aliphatic carbocycles. The van der Waals surface area contributed by atoms with Gasteiger partial charge >= 0.3 is 0 Å². The molecule has 0 aromatic carbocycles. The van der Waals surface area contributed by atoms with Crippen LogP contribution in [0, 0.1) is 0 Å². The molecule has 0 saturated heterocycles. The van der Waals surface area contributed by atoms with Crippen LogP contribution in [0.3, 0.4) is 0 Å². The van der Waals surface area contributed by atoms with Crippen LogP contribution in [0.5, 0.6) is 0 Å². The topological polar surface area (TPSA) is 12.0 Å². The molecule has 1 rings (SSSR count). The maximum atomic E-state index is 3.69. The largest absolute Gasteiger partial charge is 0.309 e. The molecule has 0 bridgehead atoms. The first-order valence-electron chi connectivity index (χ1n) is 4.94. The van der Waals surface area contributed by atoms with Crippen molar-refractivity contribution in [3.8, 4) is 0 Å². The lowest BCUT2D eigenvalue weighted by Gasteiger charge is -2.41. The van der Waals surface area contributed by atoms with Crippen LogP contribution in [0.4, 0.5) is 0 Å². The maximum Gasteiger partial charge on any atom is 0.0155 e. The summed E-state index contributed by atoms with van der Waals surface area (Å²) in [4.78, 5) is 0. The smallest absolute Gasteiger partial charge is 0.0155 e. The monoisotopic (exact) mass is 155 g/mol. The van der Waals surface area contributed by atoms with Gasteiger partial charge in [0, 0.05) is 11.6 Å². The van der Waals surface area contributed by atoms with E-state index in [1.165, 1.54) is 32.1 Å². The molecule has 1 atom stereocenters. The minimum atomic E-state index is 0.495. The van der Waals surface area contributed by atoms with E-state index in [1.807, 2.05) is 0 Å². The quantitative estimate of drug-likeness (QED) is 0.658. The summed E-state index contributed by atoms with van der Waals surface area (Å²) < 4.78 is 0. The highest BCUT2D eigenvalue weighted by Crippen LogP contribution is 2.31. The van der Waals surface area contributed by atoms with Gasteiger partial charge in [0.25, 0.3) is 0 Å². The van der Waals surface area contributed by atoms with Gasteiger partial charge in [-0.2, -0.15) is 0 Å². The van der Waals surface area contributed by atoms with Gasteiger partial charge in [0.2, 0.25) is 0 Å². The fourth-order valence-corrected chi connectivity index (χ4v) is 1.95. The summed E-state index contributed by atoms with van der Waals surface area (Å²) in [5.41, 5.74) is 0.495. The second-order valence-corrected chi connectivity index (χ2v) is 4.25. The van der Waals surface area contributed by atoms with Crippen molar-refractivity contribution in [2.45, 2.75) is 64.5 Å². The van der Waals surface area contributed by atoms with Crippen LogP contribution in [0.15, 0.2) is 0 Å². The Bertz CT molecular complexity index is 116. The molecule has 0 radical (unpaired) electrons. The van der Waals surface area contributed by atoms with Gasteiger partial charge in [0.1, 0.15) is 0 Å². The number of hydrogen-bond acceptors (Lipinski definition) is 1. The summed E-state index contributed by atoms with van der Waals surface area (Å²) in [6, 6.07) is 0.713. The van der Waals surface area contributed by atoms with Crippen molar-refractivity contribution in [1.29, 1.82) is 0 Å². The number of hydrogen-bond donors (Lipinski definition) is 1. The lowest BCUT2D eigenvalue weighted by atomic mass is 9.78. The average molecular weight is 155 g/mol. The van der Waals surface area contributed by atoms with E-state index in [9.17, 15) is 0 Å². The molecular weight excluding hydrogens is 134 g/mol. The summed E-state index contributed by atoms with van der Waals surface area (Å²) in [6.07, 6.45) is 6.78. The van der Waals surface area contributed by atoms with Crippen molar-refractivity contribution < 1.29 is 0 Å². The molecule has 0 aromatic rings. The van der Waals surface area contributed by atoms with Gasteiger partial charge in [0.15, 0.2) is 0 Å². The first-order chi connectivity index (χ1) is 5.16. The Morgan fingerprint density at radius 2 is 2.09 bits per heavy atom. The maximum absolute atomic E-state index is 3.69. The van der Waals surface area contributed by atoms with E-state index in [0.29, 0.717) is 11.6 Å². The molecule has 11 heavy (non-hydrogen) atoms. The summed E-state index contributed by atoms with van der Waals surface area (Å²) in [6.45, 7) is 6.90. The molecule has 1 aliphatic rings. The van der Waals surface area contributed by atoms with Gasteiger partial charge in [-0.05, 0) is 39.5 Å². The molecule has 66 valence electrons. The van der Waals surface area contributed by atoms with Gasteiger partial charge in [0.05, 0.1) is 0 Å². The fourth-order valence-electron chi connectivity index (χ4n) is 1.95. The number of nitrogens with one attached hydrogen (secondary N) is 1. The van der Waals surface area contributed by atoms with Crippen molar-refractivity contribution in [3.63, 3.8) is 0 Å². The van der Waals surface area contributed by atoms with E-state index < -0.39 is 0 Å². The van der Waals surface area contributed by atoms with E-state index in [2.05, 4.69) is 26.1 Å². The van der Waals surface area contributed by atoms with Crippen molar-refractivity contribution in [2.75, 3.05) is 0 Å². The molecule has 1 saturated carbocycles. The first-order valence-corrected chi connectivity index (χ1v) is 4.94. The van der Waals surface area contributed by atoms with Crippen LogP contribution >= 0.6 is 0 Å². The lowest BCUT2D eigenvalue weighted by Crippen LogP contribution is -2.51. The van der Waals surface area contributed by atoms with E-state index in [1.54, 1.807) is 0 Å². The van der Waals surface area contributed by atoms with Crippen LogP contribution in [-0.2, 0) is 0 Å². The molecule has 0 heterocycles. The molecule has 0 aromatic heterocycles. The lowest BCUT2D eigenvalue weighted by molar-refractivity contribution is 0.186. The second kappa shape index (κ2) is 3.57. The van der Waals surface area contributed by atoms with Crippen molar-refractivity contribution in [1.82, 2.24) is 5.32 Å². The summed E-state index contributed by atoms with van der Waals surface area (Å²) >= 11 is 0. The van der Waals surface area contributed by atoms with Crippen LogP contribution in [0.2, 0.25) is 0 Å². The molecule has 0 aliphatic heterocycles. The molecule has 0 amide bonds. The number of rotatable bonds is 4. The van der Waals surface area contributed by atoms with Crippen molar-refractivity contribution >= 4 is 0 Å². The third-order valence-electron chi connectivity index (χ3n) is 2.77. The molecule has 0 spiro atoms. The fraction of sp³-hybridized carbons (Fsp3) is 1.00. The average Bonchev–Trinajstić information content (AvgIpc) is 1.85. The standard InChI is InChI=1S/C10H21N/c1-4-6-9(2)11-10(3)7-5-8-10/h9,11H,4-8H2,1-3H3. The zero-order valence-electron chi connectivity index (χ0n) is 8.11. The van der Waals surface area contributed by atoms with Gasteiger partial charge in [-0.15, -0.1) is 0 Å². The van der Waals surface area contributed by atoms with E-state index in [-0.39, 0.29) is 0 Å². The predicted molar refractivity (Wildman–Crippen MR) is 49.8 cm³/mol. The third-order valence-corrected chi connectivity index (χ3v) is 2.77. The Hall–Kier alpha value is -0.0400. The van der Waals surface area contributed by atoms with E-state index >= 15 is 0 Å². The second-order valence-electron chi connectivity index (χ2n) is 4.25. The van der Waals surface area contributed by atoms with Gasteiger partial charge in [-0.1, -0.05) is 13.3 Å². The van der Waals surface area contributed by atoms with Crippen LogP contribution in [0.1, 0.15) is 52.9 Å². The molecule has 1 fully saturated rings. The first kappa shape index (κ1) is 9.05. The highest BCUT2D eigenvalue weighted by atomic mass is 15.0. The summed E-state index contributed by atoms with van der Waals surface area (Å²) in [5, 5.41) is 3.69. The normalized spacial score (nSPS) is 24.3. The zero-order chi connectivity index (χ0) is 8.32. The minimum Gasteiger partial charge on any atom is -0.309 e. The predicted octanol–water partition coefficient (Wildman–Crippen LogP) is 2.71. The Kier molecular flexibility index (Phi) is 2.94. The molecule has 1 N–H and O–H groups in total. The molecule has 1 nitrogen and oxygen atoms in total. The third kappa shape index (κ3) is 2.48. The Balaban J connectivity index is 2.18. The van der Waals surface area contributed by atoms with Gasteiger partial charge in [-0.25, -0.2) is 0 Å². The van der Waals surface area contributed by atoms with Crippen LogP contribution in [-0.4, -0.2) is 11.6 Å². The summed E-state index contributed by atoms with van der Waals surface area (Å²) in [5.74, 6) is 0. The zero-order valence-corrected chi connectivity index (χ0v) is 8.11. The Labute approximate surface area is 70.6 Å². The highest BCUT2D eigenvalue weighted by Gasteiger charge is 2.31. The molecule has 1 unspecified atom stereocenters. The minimum absolute atomic E-state index is 0.495. The van der Waals surface area contributed by atoms with E-state index in [0.717, 1.165) is 0 Å². The highest BCUT2D eigenvalue weighted by molar-refractivity contribution is 4.92. The molecule has 1 heteroatoms. The van der Waals surface area contributed by atoms with Crippen LogP contribution in [0.25, 0.3) is 0 Å². The Morgan fingerprint density at radius 1 is 1.45 bits per heavy atom. The van der Waals surface area contributed by atoms with Gasteiger partial charge in [-0.3, -0.25) is 0 Å².